The quantitative estimate of drug-likeness (QED) is 0.540. The number of phenols is 1. The second kappa shape index (κ2) is 8.75. The molecule has 2 atom stereocenters. The van der Waals surface area contributed by atoms with Gasteiger partial charge in [-0.05, 0) is 36.4 Å². The summed E-state index contributed by atoms with van der Waals surface area (Å²) in [6.07, 6.45) is -0.266. The molecule has 0 spiro atoms. The highest BCUT2D eigenvalue weighted by Crippen LogP contribution is 2.49. The summed E-state index contributed by atoms with van der Waals surface area (Å²) in [7, 11) is 4.34. The van der Waals surface area contributed by atoms with Crippen molar-refractivity contribution < 1.29 is 34.0 Å². The molecule has 2 aliphatic rings. The first-order valence-electron chi connectivity index (χ1n) is 10.9. The number of ether oxygens (including phenoxy) is 4. The third-order valence-corrected chi connectivity index (χ3v) is 6.27. The van der Waals surface area contributed by atoms with Crippen molar-refractivity contribution in [2.75, 3.05) is 21.3 Å². The lowest BCUT2D eigenvalue weighted by atomic mass is 9.95. The summed E-state index contributed by atoms with van der Waals surface area (Å²) >= 11 is 0. The molecule has 0 saturated carbocycles. The highest BCUT2D eigenvalue weighted by Gasteiger charge is 2.43. The average molecular weight is 476 g/mol. The Hall–Kier alpha value is -4.40. The molecule has 0 unspecified atom stereocenters. The van der Waals surface area contributed by atoms with E-state index in [2.05, 4.69) is 0 Å². The van der Waals surface area contributed by atoms with Crippen molar-refractivity contribution >= 4 is 11.7 Å². The summed E-state index contributed by atoms with van der Waals surface area (Å²) in [6, 6.07) is 15.9. The van der Waals surface area contributed by atoms with Gasteiger partial charge >= 0.3 is 5.97 Å². The molecule has 35 heavy (non-hydrogen) atoms. The van der Waals surface area contributed by atoms with Gasteiger partial charge in [0, 0.05) is 23.1 Å². The number of carbonyl (C=O) groups is 1. The van der Waals surface area contributed by atoms with Gasteiger partial charge in [0.15, 0.2) is 23.0 Å². The average Bonchev–Trinajstić information content (AvgIpc) is 3.33. The van der Waals surface area contributed by atoms with Crippen molar-refractivity contribution in [1.82, 2.24) is 5.01 Å². The molecular weight excluding hydrogens is 452 g/mol. The molecule has 2 heterocycles. The van der Waals surface area contributed by atoms with E-state index in [1.807, 2.05) is 24.3 Å². The number of aromatic carboxylic acids is 1. The van der Waals surface area contributed by atoms with Crippen molar-refractivity contribution in [2.24, 2.45) is 5.10 Å². The van der Waals surface area contributed by atoms with Gasteiger partial charge in [0.1, 0.15) is 11.3 Å². The van der Waals surface area contributed by atoms with Crippen LogP contribution in [0.4, 0.5) is 0 Å². The number of hydrazone groups is 1. The van der Waals surface area contributed by atoms with Gasteiger partial charge in [0.25, 0.3) is 0 Å². The molecule has 180 valence electrons. The maximum Gasteiger partial charge on any atom is 0.340 e. The zero-order valence-corrected chi connectivity index (χ0v) is 19.4. The minimum Gasteiger partial charge on any atom is -0.504 e. The van der Waals surface area contributed by atoms with E-state index >= 15 is 0 Å². The van der Waals surface area contributed by atoms with Crippen molar-refractivity contribution in [3.05, 3.63) is 76.9 Å². The second-order valence-electron chi connectivity index (χ2n) is 8.11. The standard InChI is InChI=1S/C26H24N2O7/c1-32-21-11-9-16(23(26(30)31)24(21)34-3)25-28-18(15-6-4-5-7-20(15)35-25)13-17(27-28)14-8-10-19(29)22(12-14)33-2/h4-12,18,25,29H,13H2,1-3H3,(H,30,31)/t18-,25+/m1/s1. The van der Waals surface area contributed by atoms with Crippen LogP contribution in [-0.2, 0) is 0 Å². The van der Waals surface area contributed by atoms with Crippen LogP contribution in [0.2, 0.25) is 0 Å². The van der Waals surface area contributed by atoms with E-state index in [1.165, 1.54) is 21.3 Å². The number of methoxy groups -OCH3 is 3. The second-order valence-corrected chi connectivity index (χ2v) is 8.11. The Morgan fingerprint density at radius 3 is 2.49 bits per heavy atom. The monoisotopic (exact) mass is 476 g/mol. The minimum absolute atomic E-state index is 0.0375. The third kappa shape index (κ3) is 3.65. The van der Waals surface area contributed by atoms with E-state index in [0.29, 0.717) is 29.2 Å². The number of carboxylic acids is 1. The van der Waals surface area contributed by atoms with Gasteiger partial charge in [-0.1, -0.05) is 18.2 Å². The number of aromatic hydroxyl groups is 1. The number of hydrogen-bond acceptors (Lipinski definition) is 8. The third-order valence-electron chi connectivity index (χ3n) is 6.27. The Morgan fingerprint density at radius 1 is 1.00 bits per heavy atom. The molecular formula is C26H24N2O7. The molecule has 0 amide bonds. The van der Waals surface area contributed by atoms with Gasteiger partial charge in [-0.15, -0.1) is 0 Å². The van der Waals surface area contributed by atoms with Crippen LogP contribution in [0.15, 0.2) is 59.7 Å². The number of para-hydroxylation sites is 1. The van der Waals surface area contributed by atoms with Gasteiger partial charge in [-0.3, -0.25) is 0 Å². The number of nitrogens with zero attached hydrogens (tertiary/aromatic N) is 2. The van der Waals surface area contributed by atoms with Gasteiger partial charge in [-0.25, -0.2) is 9.80 Å². The molecule has 3 aromatic carbocycles. The molecule has 0 saturated heterocycles. The Balaban J connectivity index is 1.66. The lowest BCUT2D eigenvalue weighted by Gasteiger charge is -2.38. The summed E-state index contributed by atoms with van der Waals surface area (Å²) < 4.78 is 22.3. The van der Waals surface area contributed by atoms with E-state index in [1.54, 1.807) is 35.3 Å². The fourth-order valence-corrected chi connectivity index (χ4v) is 4.64. The van der Waals surface area contributed by atoms with Crippen LogP contribution < -0.4 is 18.9 Å². The van der Waals surface area contributed by atoms with E-state index in [4.69, 9.17) is 24.0 Å². The Morgan fingerprint density at radius 2 is 1.77 bits per heavy atom. The first-order valence-corrected chi connectivity index (χ1v) is 10.9. The lowest BCUT2D eigenvalue weighted by Crippen LogP contribution is -2.34. The van der Waals surface area contributed by atoms with Gasteiger partial charge in [-0.2, -0.15) is 5.10 Å². The molecule has 2 aliphatic heterocycles. The Labute approximate surface area is 201 Å². The van der Waals surface area contributed by atoms with E-state index < -0.39 is 12.2 Å². The van der Waals surface area contributed by atoms with Crippen LogP contribution >= 0.6 is 0 Å². The Kier molecular flexibility index (Phi) is 5.60. The number of rotatable bonds is 6. The van der Waals surface area contributed by atoms with Crippen LogP contribution in [0.1, 0.15) is 45.7 Å². The summed E-state index contributed by atoms with van der Waals surface area (Å²) in [5.74, 6) is 0.296. The van der Waals surface area contributed by atoms with E-state index in [0.717, 1.165) is 16.8 Å². The summed E-state index contributed by atoms with van der Waals surface area (Å²) in [6.45, 7) is 0. The number of hydrogen-bond donors (Lipinski definition) is 2. The molecule has 0 fully saturated rings. The molecule has 3 aromatic rings. The maximum absolute atomic E-state index is 12.4. The molecule has 2 N–H and O–H groups in total. The molecule has 0 aliphatic carbocycles. The van der Waals surface area contributed by atoms with Gasteiger partial charge < -0.3 is 29.2 Å². The Bertz CT molecular complexity index is 1340. The zero-order valence-electron chi connectivity index (χ0n) is 19.4. The predicted molar refractivity (Wildman–Crippen MR) is 127 cm³/mol. The summed E-state index contributed by atoms with van der Waals surface area (Å²) in [5.41, 5.74) is 2.84. The summed E-state index contributed by atoms with van der Waals surface area (Å²) in [4.78, 5) is 12.4. The molecule has 5 rings (SSSR count). The van der Waals surface area contributed by atoms with Gasteiger partial charge in [0.05, 0.1) is 33.1 Å². The van der Waals surface area contributed by atoms with E-state index in [-0.39, 0.29) is 23.1 Å². The van der Waals surface area contributed by atoms with Crippen LogP contribution in [0.5, 0.6) is 28.7 Å². The topological polar surface area (TPSA) is 110 Å². The first-order chi connectivity index (χ1) is 17.0. The number of benzene rings is 3. The number of carboxylic acid groups (broad SMARTS) is 1. The number of phenolic OH excluding ortho intramolecular Hbond substituents is 1. The fourth-order valence-electron chi connectivity index (χ4n) is 4.64. The SMILES string of the molecule is COc1cc(C2=NN3[C@H](C2)c2ccccc2O[C@H]3c2ccc(OC)c(OC)c2C(=O)O)ccc1O. The van der Waals surface area contributed by atoms with Crippen molar-refractivity contribution in [3.63, 3.8) is 0 Å². The zero-order chi connectivity index (χ0) is 24.7. The van der Waals surface area contributed by atoms with Crippen molar-refractivity contribution in [1.29, 1.82) is 0 Å². The van der Waals surface area contributed by atoms with Crippen LogP contribution in [0.3, 0.4) is 0 Å². The van der Waals surface area contributed by atoms with Crippen molar-refractivity contribution in [2.45, 2.75) is 18.7 Å². The largest absolute Gasteiger partial charge is 0.504 e. The lowest BCUT2D eigenvalue weighted by molar-refractivity contribution is -0.0199. The summed E-state index contributed by atoms with van der Waals surface area (Å²) in [5, 5.41) is 26.7. The molecule has 0 aromatic heterocycles. The minimum atomic E-state index is -1.17. The predicted octanol–water partition coefficient (Wildman–Crippen LogP) is 4.36. The van der Waals surface area contributed by atoms with E-state index in [9.17, 15) is 15.0 Å². The van der Waals surface area contributed by atoms with Crippen LogP contribution in [-0.4, -0.2) is 48.2 Å². The molecule has 0 radical (unpaired) electrons. The van der Waals surface area contributed by atoms with Crippen molar-refractivity contribution in [3.8, 4) is 28.7 Å². The molecule has 0 bridgehead atoms. The highest BCUT2D eigenvalue weighted by atomic mass is 16.5. The maximum atomic E-state index is 12.4. The first kappa shape index (κ1) is 22.4. The normalized spacial score (nSPS) is 18.1. The molecule has 9 heteroatoms. The van der Waals surface area contributed by atoms with Gasteiger partial charge in [0.2, 0.25) is 6.23 Å². The smallest absolute Gasteiger partial charge is 0.340 e. The molecule has 9 nitrogen and oxygen atoms in total. The number of fused-ring (bicyclic) bond motifs is 3. The van der Waals surface area contributed by atoms with Crippen LogP contribution in [0, 0.1) is 0 Å². The highest BCUT2D eigenvalue weighted by molar-refractivity contribution is 6.02. The van der Waals surface area contributed by atoms with Crippen LogP contribution in [0.25, 0.3) is 0 Å². The fraction of sp³-hybridized carbons (Fsp3) is 0.231.